The van der Waals surface area contributed by atoms with Crippen LogP contribution in [0.25, 0.3) is 93.9 Å². The van der Waals surface area contributed by atoms with Crippen molar-refractivity contribution in [3.05, 3.63) is 182 Å². The van der Waals surface area contributed by atoms with Crippen LogP contribution in [0, 0.1) is 0 Å². The number of para-hydroxylation sites is 1. The zero-order valence-electron chi connectivity index (χ0n) is 27.6. The fourth-order valence-electron chi connectivity index (χ4n) is 7.70. The van der Waals surface area contributed by atoms with Crippen molar-refractivity contribution in [3.63, 3.8) is 0 Å². The minimum Gasteiger partial charge on any atom is -0.309 e. The Labute approximate surface area is 295 Å². The van der Waals surface area contributed by atoms with E-state index in [4.69, 9.17) is 9.97 Å². The fourth-order valence-corrected chi connectivity index (χ4v) is 7.70. The summed E-state index contributed by atoms with van der Waals surface area (Å²) in [6.45, 7) is 0. The Hall–Kier alpha value is -6.91. The van der Waals surface area contributed by atoms with Crippen molar-refractivity contribution in [2.45, 2.75) is 0 Å². The Morgan fingerprint density at radius 3 is 1.65 bits per heavy atom. The molecule has 0 aliphatic carbocycles. The van der Waals surface area contributed by atoms with Crippen LogP contribution in [0.2, 0.25) is 0 Å². The third-order valence-corrected chi connectivity index (χ3v) is 9.93. The number of aromatic nitrogens is 4. The molecule has 10 aromatic rings. The highest BCUT2D eigenvalue weighted by Gasteiger charge is 2.19. The van der Waals surface area contributed by atoms with Gasteiger partial charge in [-0.3, -0.25) is 9.97 Å². The monoisotopic (exact) mass is 650 g/mol. The van der Waals surface area contributed by atoms with Crippen molar-refractivity contribution in [1.82, 2.24) is 19.5 Å². The lowest BCUT2D eigenvalue weighted by Crippen LogP contribution is -1.96. The number of fused-ring (bicyclic) bond motifs is 5. The lowest BCUT2D eigenvalue weighted by molar-refractivity contribution is 1.17. The number of pyridine rings is 3. The SMILES string of the molecule is c1ccc(-c2c3ccccc3c(-c3cc(-c4ccc(-n5c6ccccc6c6cnccc65)cc4)nc(-c4ccccn4)c3)c3ccccc23)cc1. The van der Waals surface area contributed by atoms with Gasteiger partial charge in [0.1, 0.15) is 0 Å². The molecule has 0 amide bonds. The molecule has 10 rings (SSSR count). The zero-order chi connectivity index (χ0) is 33.7. The average Bonchev–Trinajstić information content (AvgIpc) is 3.55. The van der Waals surface area contributed by atoms with Crippen LogP contribution in [0.15, 0.2) is 182 Å². The molecule has 0 atom stereocenters. The number of benzene rings is 6. The van der Waals surface area contributed by atoms with E-state index in [9.17, 15) is 0 Å². The predicted molar refractivity (Wildman–Crippen MR) is 211 cm³/mol. The highest BCUT2D eigenvalue weighted by molar-refractivity contribution is 6.21. The molecule has 0 N–H and O–H groups in total. The number of nitrogens with zero attached hydrogens (tertiary/aromatic N) is 4. The van der Waals surface area contributed by atoms with Gasteiger partial charge in [-0.15, -0.1) is 0 Å². The van der Waals surface area contributed by atoms with Gasteiger partial charge in [-0.2, -0.15) is 0 Å². The Balaban J connectivity index is 1.20. The standard InChI is InChI=1S/C47H30N4/c1-2-12-32(13-3-1)46-36-15-4-6-17-38(36)47(39-18-7-5-16-37(39)46)33-28-42(50-43(29-33)41-19-10-11-26-49-41)31-21-23-34(24-22-31)51-44-20-9-8-14-35(44)40-30-48-27-25-45(40)51/h1-30H. The molecule has 0 fully saturated rings. The Kier molecular flexibility index (Phi) is 6.78. The summed E-state index contributed by atoms with van der Waals surface area (Å²) >= 11 is 0. The predicted octanol–water partition coefficient (Wildman–Crippen LogP) is 11.9. The summed E-state index contributed by atoms with van der Waals surface area (Å²) in [7, 11) is 0. The molecular formula is C47H30N4. The average molecular weight is 651 g/mol. The van der Waals surface area contributed by atoms with Gasteiger partial charge in [-0.05, 0) is 92.3 Å². The molecule has 0 aliphatic rings. The van der Waals surface area contributed by atoms with Crippen LogP contribution >= 0.6 is 0 Å². The van der Waals surface area contributed by atoms with E-state index >= 15 is 0 Å². The van der Waals surface area contributed by atoms with Crippen molar-refractivity contribution in [3.8, 4) is 50.6 Å². The van der Waals surface area contributed by atoms with E-state index in [1.807, 2.05) is 36.8 Å². The van der Waals surface area contributed by atoms with Crippen LogP contribution in [0.5, 0.6) is 0 Å². The number of rotatable bonds is 5. The molecular weight excluding hydrogens is 621 g/mol. The van der Waals surface area contributed by atoms with E-state index in [0.29, 0.717) is 0 Å². The van der Waals surface area contributed by atoms with Crippen molar-refractivity contribution in [2.75, 3.05) is 0 Å². The van der Waals surface area contributed by atoms with Crippen molar-refractivity contribution in [2.24, 2.45) is 0 Å². The summed E-state index contributed by atoms with van der Waals surface area (Å²) in [5.74, 6) is 0. The summed E-state index contributed by atoms with van der Waals surface area (Å²) in [5, 5.41) is 7.19. The molecule has 238 valence electrons. The van der Waals surface area contributed by atoms with Crippen molar-refractivity contribution < 1.29 is 0 Å². The second-order valence-electron chi connectivity index (χ2n) is 12.8. The van der Waals surface area contributed by atoms with Gasteiger partial charge >= 0.3 is 0 Å². The molecule has 0 saturated carbocycles. The number of hydrogen-bond acceptors (Lipinski definition) is 3. The van der Waals surface area contributed by atoms with Crippen LogP contribution in [0.4, 0.5) is 0 Å². The summed E-state index contributed by atoms with van der Waals surface area (Å²) in [4.78, 5) is 14.4. The second kappa shape index (κ2) is 11.9. The van der Waals surface area contributed by atoms with Gasteiger partial charge in [0.05, 0.1) is 28.1 Å². The molecule has 4 heterocycles. The maximum atomic E-state index is 5.24. The molecule has 0 saturated heterocycles. The molecule has 4 aromatic heterocycles. The third kappa shape index (κ3) is 4.80. The van der Waals surface area contributed by atoms with Gasteiger partial charge in [0.25, 0.3) is 0 Å². The first-order valence-corrected chi connectivity index (χ1v) is 17.2. The van der Waals surface area contributed by atoms with E-state index in [1.54, 1.807) is 0 Å². The van der Waals surface area contributed by atoms with E-state index in [0.717, 1.165) is 50.3 Å². The van der Waals surface area contributed by atoms with Gasteiger partial charge in [0.15, 0.2) is 0 Å². The lowest BCUT2D eigenvalue weighted by Gasteiger charge is -2.18. The van der Waals surface area contributed by atoms with Crippen LogP contribution in [-0.2, 0) is 0 Å². The normalized spacial score (nSPS) is 11.5. The molecule has 0 aliphatic heterocycles. The quantitative estimate of drug-likeness (QED) is 0.174. The van der Waals surface area contributed by atoms with Gasteiger partial charge in [0, 0.05) is 40.6 Å². The van der Waals surface area contributed by atoms with Gasteiger partial charge < -0.3 is 4.57 Å². The molecule has 0 spiro atoms. The highest BCUT2D eigenvalue weighted by Crippen LogP contribution is 2.44. The maximum absolute atomic E-state index is 5.24. The third-order valence-electron chi connectivity index (χ3n) is 9.93. The van der Waals surface area contributed by atoms with E-state index in [1.165, 1.54) is 43.6 Å². The smallest absolute Gasteiger partial charge is 0.0899 e. The molecule has 4 heteroatoms. The summed E-state index contributed by atoms with van der Waals surface area (Å²) in [6.07, 6.45) is 5.65. The van der Waals surface area contributed by atoms with E-state index in [2.05, 4.69) is 155 Å². The summed E-state index contributed by atoms with van der Waals surface area (Å²) < 4.78 is 2.31. The minimum atomic E-state index is 0.836. The largest absolute Gasteiger partial charge is 0.309 e. The van der Waals surface area contributed by atoms with Gasteiger partial charge in [-0.1, -0.05) is 115 Å². The van der Waals surface area contributed by atoms with Gasteiger partial charge in [-0.25, -0.2) is 4.98 Å². The maximum Gasteiger partial charge on any atom is 0.0899 e. The van der Waals surface area contributed by atoms with Crippen LogP contribution in [0.1, 0.15) is 0 Å². The molecule has 51 heavy (non-hydrogen) atoms. The zero-order valence-corrected chi connectivity index (χ0v) is 27.6. The molecule has 0 radical (unpaired) electrons. The Morgan fingerprint density at radius 2 is 0.961 bits per heavy atom. The fraction of sp³-hybridized carbons (Fsp3) is 0. The van der Waals surface area contributed by atoms with Crippen LogP contribution in [-0.4, -0.2) is 19.5 Å². The first-order valence-electron chi connectivity index (χ1n) is 17.2. The minimum absolute atomic E-state index is 0.836. The van der Waals surface area contributed by atoms with Crippen molar-refractivity contribution >= 4 is 43.4 Å². The summed E-state index contributed by atoms with van der Waals surface area (Å²) in [5.41, 5.74) is 11.7. The first kappa shape index (κ1) is 29.0. The second-order valence-corrected chi connectivity index (χ2v) is 12.8. The Morgan fingerprint density at radius 1 is 0.373 bits per heavy atom. The van der Waals surface area contributed by atoms with Crippen LogP contribution in [0.3, 0.4) is 0 Å². The highest BCUT2D eigenvalue weighted by atomic mass is 15.0. The topological polar surface area (TPSA) is 43.6 Å². The van der Waals surface area contributed by atoms with E-state index < -0.39 is 0 Å². The summed E-state index contributed by atoms with van der Waals surface area (Å²) in [6, 6.07) is 58.1. The molecule has 4 nitrogen and oxygen atoms in total. The van der Waals surface area contributed by atoms with Crippen LogP contribution < -0.4 is 0 Å². The molecule has 6 aromatic carbocycles. The Bertz CT molecular complexity index is 2780. The lowest BCUT2D eigenvalue weighted by atomic mass is 9.85. The first-order chi connectivity index (χ1) is 25.3. The van der Waals surface area contributed by atoms with Gasteiger partial charge in [0.2, 0.25) is 0 Å². The molecule has 0 bridgehead atoms. The number of hydrogen-bond donors (Lipinski definition) is 0. The molecule has 0 unspecified atom stereocenters. The van der Waals surface area contributed by atoms with E-state index in [-0.39, 0.29) is 0 Å². The van der Waals surface area contributed by atoms with Crippen molar-refractivity contribution in [1.29, 1.82) is 0 Å².